The van der Waals surface area contributed by atoms with Crippen LogP contribution in [0.3, 0.4) is 0 Å². The summed E-state index contributed by atoms with van der Waals surface area (Å²) in [6, 6.07) is 3.37. The van der Waals surface area contributed by atoms with Crippen molar-refractivity contribution in [3.8, 4) is 0 Å². The average molecular weight is 336 g/mol. The zero-order chi connectivity index (χ0) is 13.4. The highest BCUT2D eigenvalue weighted by atomic mass is 79.9. The largest absolute Gasteiger partial charge is 0.317 e. The van der Waals surface area contributed by atoms with Crippen molar-refractivity contribution in [1.82, 2.24) is 10.3 Å². The van der Waals surface area contributed by atoms with Gasteiger partial charge in [-0.05, 0) is 54.0 Å². The van der Waals surface area contributed by atoms with Crippen molar-refractivity contribution in [2.45, 2.75) is 19.8 Å². The summed E-state index contributed by atoms with van der Waals surface area (Å²) < 4.78 is 26.7. The molecule has 0 aromatic carbocycles. The molecule has 0 fully saturated rings. The van der Waals surface area contributed by atoms with Crippen molar-refractivity contribution in [1.29, 1.82) is 0 Å². The van der Waals surface area contributed by atoms with Crippen molar-refractivity contribution in [2.24, 2.45) is 0 Å². The third-order valence-electron chi connectivity index (χ3n) is 2.18. The number of nitrogens with zero attached hydrogens (tertiary/aromatic N) is 1. The van der Waals surface area contributed by atoms with Crippen molar-refractivity contribution in [3.05, 3.63) is 22.8 Å². The van der Waals surface area contributed by atoms with Gasteiger partial charge in [0.2, 0.25) is 10.0 Å². The first-order valence-electron chi connectivity index (χ1n) is 5.86. The van der Waals surface area contributed by atoms with Crippen LogP contribution in [-0.2, 0) is 10.0 Å². The van der Waals surface area contributed by atoms with Gasteiger partial charge in [-0.25, -0.2) is 13.4 Å². The maximum absolute atomic E-state index is 11.7. The predicted octanol–water partition coefficient (Wildman–Crippen LogP) is 1.98. The van der Waals surface area contributed by atoms with Crippen LogP contribution in [0.5, 0.6) is 0 Å². The summed E-state index contributed by atoms with van der Waals surface area (Å²) in [5.74, 6) is 0.446. The quantitative estimate of drug-likeness (QED) is 0.712. The molecule has 0 spiro atoms. The van der Waals surface area contributed by atoms with Gasteiger partial charge in [-0.15, -0.1) is 0 Å². The third-order valence-corrected chi connectivity index (χ3v) is 4.00. The van der Waals surface area contributed by atoms with Crippen LogP contribution in [0.1, 0.15) is 19.8 Å². The van der Waals surface area contributed by atoms with Crippen LogP contribution in [0, 0.1) is 0 Å². The lowest BCUT2D eigenvalue weighted by molar-refractivity contribution is 0.593. The van der Waals surface area contributed by atoms with Crippen LogP contribution in [0.15, 0.2) is 22.8 Å². The lowest BCUT2D eigenvalue weighted by atomic mass is 10.4. The van der Waals surface area contributed by atoms with Gasteiger partial charge in [-0.2, -0.15) is 0 Å². The van der Waals surface area contributed by atoms with E-state index in [1.807, 2.05) is 0 Å². The Labute approximate surface area is 117 Å². The van der Waals surface area contributed by atoms with Crippen LogP contribution in [0.4, 0.5) is 5.82 Å². The average Bonchev–Trinajstić information content (AvgIpc) is 2.31. The van der Waals surface area contributed by atoms with Gasteiger partial charge in [-0.1, -0.05) is 6.92 Å². The lowest BCUT2D eigenvalue weighted by Crippen LogP contribution is -2.22. The molecule has 7 heteroatoms. The Hall–Kier alpha value is -0.660. The molecule has 0 unspecified atom stereocenters. The van der Waals surface area contributed by atoms with Gasteiger partial charge in [0.05, 0.1) is 5.75 Å². The van der Waals surface area contributed by atoms with E-state index in [1.54, 1.807) is 18.3 Å². The highest BCUT2D eigenvalue weighted by molar-refractivity contribution is 9.10. The SMILES string of the molecule is CCCNCCCS(=O)(=O)Nc1ccc(Br)cn1. The van der Waals surface area contributed by atoms with Crippen LogP contribution < -0.4 is 10.0 Å². The summed E-state index contributed by atoms with van der Waals surface area (Å²) in [6.07, 6.45) is 3.19. The predicted molar refractivity (Wildman–Crippen MR) is 77.1 cm³/mol. The third kappa shape index (κ3) is 6.32. The molecule has 0 saturated carbocycles. The number of anilines is 1. The molecule has 0 aliphatic rings. The van der Waals surface area contributed by atoms with E-state index in [0.29, 0.717) is 18.8 Å². The van der Waals surface area contributed by atoms with Crippen LogP contribution in [0.25, 0.3) is 0 Å². The van der Waals surface area contributed by atoms with Gasteiger partial charge < -0.3 is 5.32 Å². The fraction of sp³-hybridized carbons (Fsp3) is 0.545. The highest BCUT2D eigenvalue weighted by Crippen LogP contribution is 2.11. The Balaban J connectivity index is 2.37. The van der Waals surface area contributed by atoms with Crippen LogP contribution >= 0.6 is 15.9 Å². The lowest BCUT2D eigenvalue weighted by Gasteiger charge is -2.07. The smallest absolute Gasteiger partial charge is 0.233 e. The maximum atomic E-state index is 11.7. The first-order chi connectivity index (χ1) is 8.53. The molecule has 102 valence electrons. The van der Waals surface area contributed by atoms with Gasteiger partial charge in [0.1, 0.15) is 5.82 Å². The standard InChI is InChI=1S/C11H18BrN3O2S/c1-2-6-13-7-3-8-18(16,17)15-11-5-4-10(12)9-14-11/h4-5,9,13H,2-3,6-8H2,1H3,(H,14,15). The van der Waals surface area contributed by atoms with E-state index in [9.17, 15) is 8.42 Å². The molecule has 1 aromatic rings. The van der Waals surface area contributed by atoms with Gasteiger partial charge in [0, 0.05) is 10.7 Å². The normalized spacial score (nSPS) is 11.4. The van der Waals surface area contributed by atoms with Gasteiger partial charge in [-0.3, -0.25) is 4.72 Å². The number of hydrogen-bond donors (Lipinski definition) is 2. The van der Waals surface area contributed by atoms with E-state index in [2.05, 4.69) is 37.9 Å². The molecule has 0 aliphatic carbocycles. The summed E-state index contributed by atoms with van der Waals surface area (Å²) in [5, 5.41) is 3.16. The van der Waals surface area contributed by atoms with E-state index < -0.39 is 10.0 Å². The zero-order valence-corrected chi connectivity index (χ0v) is 12.7. The molecule has 0 aliphatic heterocycles. The first-order valence-corrected chi connectivity index (χ1v) is 8.31. The molecule has 0 bridgehead atoms. The topological polar surface area (TPSA) is 71.1 Å². The van der Waals surface area contributed by atoms with E-state index >= 15 is 0 Å². The molecule has 1 aromatic heterocycles. The molecule has 1 heterocycles. The summed E-state index contributed by atoms with van der Waals surface area (Å²) in [7, 11) is -3.30. The number of hydrogen-bond acceptors (Lipinski definition) is 4. The summed E-state index contributed by atoms with van der Waals surface area (Å²) in [4.78, 5) is 3.97. The minimum absolute atomic E-state index is 0.0987. The number of aromatic nitrogens is 1. The Morgan fingerprint density at radius 1 is 1.33 bits per heavy atom. The maximum Gasteiger partial charge on any atom is 0.233 e. The number of pyridine rings is 1. The van der Waals surface area contributed by atoms with Gasteiger partial charge in [0.25, 0.3) is 0 Å². The minimum atomic E-state index is -3.30. The fourth-order valence-electron chi connectivity index (χ4n) is 1.34. The van der Waals surface area contributed by atoms with Gasteiger partial charge >= 0.3 is 0 Å². The molecule has 0 atom stereocenters. The molecule has 1 rings (SSSR count). The molecule has 2 N–H and O–H groups in total. The monoisotopic (exact) mass is 335 g/mol. The zero-order valence-electron chi connectivity index (χ0n) is 10.3. The molecular formula is C11H18BrN3O2S. The Morgan fingerprint density at radius 2 is 2.11 bits per heavy atom. The van der Waals surface area contributed by atoms with E-state index in [0.717, 1.165) is 17.4 Å². The Kier molecular flexibility index (Phi) is 6.59. The summed E-state index contributed by atoms with van der Waals surface area (Å²) >= 11 is 3.24. The fourth-order valence-corrected chi connectivity index (χ4v) is 2.64. The molecule has 0 saturated heterocycles. The van der Waals surface area contributed by atoms with E-state index in [-0.39, 0.29) is 5.75 Å². The summed E-state index contributed by atoms with van der Waals surface area (Å²) in [6.45, 7) is 3.70. The Bertz CT molecular complexity index is 448. The van der Waals surface area contributed by atoms with Crippen molar-refractivity contribution >= 4 is 31.8 Å². The Morgan fingerprint density at radius 3 is 2.72 bits per heavy atom. The number of halogens is 1. The summed E-state index contributed by atoms with van der Waals surface area (Å²) in [5.41, 5.74) is 0. The van der Waals surface area contributed by atoms with Crippen molar-refractivity contribution < 1.29 is 8.42 Å². The molecule has 0 amide bonds. The molecule has 5 nitrogen and oxygen atoms in total. The molecular weight excluding hydrogens is 318 g/mol. The van der Waals surface area contributed by atoms with Crippen molar-refractivity contribution in [2.75, 3.05) is 23.6 Å². The van der Waals surface area contributed by atoms with E-state index in [1.165, 1.54) is 0 Å². The van der Waals surface area contributed by atoms with Crippen LogP contribution in [0.2, 0.25) is 0 Å². The number of sulfonamides is 1. The second kappa shape index (κ2) is 7.70. The first kappa shape index (κ1) is 15.4. The van der Waals surface area contributed by atoms with E-state index in [4.69, 9.17) is 0 Å². The molecule has 0 radical (unpaired) electrons. The van der Waals surface area contributed by atoms with Crippen LogP contribution in [-0.4, -0.2) is 32.2 Å². The number of nitrogens with one attached hydrogen (secondary N) is 2. The second-order valence-corrected chi connectivity index (χ2v) is 6.64. The van der Waals surface area contributed by atoms with Gasteiger partial charge in [0.15, 0.2) is 0 Å². The minimum Gasteiger partial charge on any atom is -0.317 e. The molecule has 18 heavy (non-hydrogen) atoms. The second-order valence-electron chi connectivity index (χ2n) is 3.89. The number of rotatable bonds is 8. The highest BCUT2D eigenvalue weighted by Gasteiger charge is 2.10. The van der Waals surface area contributed by atoms with Crippen molar-refractivity contribution in [3.63, 3.8) is 0 Å².